The number of benzene rings is 1. The fraction of sp³-hybridized carbons (Fsp3) is 0.609. The van der Waals surface area contributed by atoms with E-state index in [1.165, 1.54) is 19.3 Å². The van der Waals surface area contributed by atoms with Crippen molar-refractivity contribution in [3.63, 3.8) is 0 Å². The van der Waals surface area contributed by atoms with E-state index in [0.717, 1.165) is 36.2 Å². The molecule has 30 heavy (non-hydrogen) atoms. The van der Waals surface area contributed by atoms with E-state index in [9.17, 15) is 9.59 Å². The van der Waals surface area contributed by atoms with Crippen LogP contribution in [0.15, 0.2) is 24.3 Å². The molecule has 0 N–H and O–H groups in total. The molecule has 2 amide bonds. The summed E-state index contributed by atoms with van der Waals surface area (Å²) in [7, 11) is 0. The highest BCUT2D eigenvalue weighted by Crippen LogP contribution is 2.34. The van der Waals surface area contributed by atoms with Crippen molar-refractivity contribution < 1.29 is 14.3 Å². The summed E-state index contributed by atoms with van der Waals surface area (Å²) in [5.74, 6) is 1.26. The van der Waals surface area contributed by atoms with Gasteiger partial charge in [0.05, 0.1) is 24.2 Å². The number of nitrogens with zero attached hydrogens (tertiary/aromatic N) is 4. The zero-order valence-electron chi connectivity index (χ0n) is 17.5. The Morgan fingerprint density at radius 1 is 1.10 bits per heavy atom. The van der Waals surface area contributed by atoms with E-state index in [0.29, 0.717) is 38.8 Å². The molecule has 1 aromatic heterocycles. The van der Waals surface area contributed by atoms with Gasteiger partial charge in [0.2, 0.25) is 11.8 Å². The number of para-hydroxylation sites is 2. The van der Waals surface area contributed by atoms with Crippen LogP contribution in [0.4, 0.5) is 0 Å². The summed E-state index contributed by atoms with van der Waals surface area (Å²) in [6, 6.07) is 8.35. The molecule has 3 heterocycles. The summed E-state index contributed by atoms with van der Waals surface area (Å²) < 4.78 is 7.44. The molecule has 2 saturated heterocycles. The molecule has 3 fully saturated rings. The number of rotatable bonds is 4. The van der Waals surface area contributed by atoms with E-state index in [1.54, 1.807) is 0 Å². The molecule has 7 nitrogen and oxygen atoms in total. The summed E-state index contributed by atoms with van der Waals surface area (Å²) in [6.07, 6.45) is 6.43. The number of aromatic nitrogens is 2. The Labute approximate surface area is 177 Å². The van der Waals surface area contributed by atoms with E-state index in [2.05, 4.69) is 9.47 Å². The van der Waals surface area contributed by atoms with Gasteiger partial charge in [-0.25, -0.2) is 4.98 Å². The van der Waals surface area contributed by atoms with Gasteiger partial charge in [-0.1, -0.05) is 31.4 Å². The van der Waals surface area contributed by atoms with Crippen LogP contribution in [0.25, 0.3) is 11.0 Å². The molecule has 160 valence electrons. The number of hydrogen-bond acceptors (Lipinski definition) is 4. The van der Waals surface area contributed by atoms with Crippen molar-refractivity contribution in [2.75, 3.05) is 32.8 Å². The van der Waals surface area contributed by atoms with Crippen molar-refractivity contribution in [2.24, 2.45) is 0 Å². The number of morpholine rings is 1. The SMILES string of the molecule is O=C(Cn1c([C@H]2CC(=O)N(C3CCCCC3)C2)nc2ccccc21)N1CCOCC1. The first-order valence-corrected chi connectivity index (χ1v) is 11.3. The Bertz CT molecular complexity index is 928. The Kier molecular flexibility index (Phi) is 5.46. The number of imidazole rings is 1. The lowest BCUT2D eigenvalue weighted by atomic mass is 9.94. The lowest BCUT2D eigenvalue weighted by Gasteiger charge is -2.31. The lowest BCUT2D eigenvalue weighted by Crippen LogP contribution is -2.42. The van der Waals surface area contributed by atoms with Gasteiger partial charge in [0.15, 0.2) is 0 Å². The molecule has 1 atom stereocenters. The van der Waals surface area contributed by atoms with Gasteiger partial charge in [-0.15, -0.1) is 0 Å². The van der Waals surface area contributed by atoms with E-state index >= 15 is 0 Å². The molecule has 1 aromatic carbocycles. The minimum Gasteiger partial charge on any atom is -0.378 e. The molecule has 5 rings (SSSR count). The highest BCUT2D eigenvalue weighted by molar-refractivity contribution is 5.83. The smallest absolute Gasteiger partial charge is 0.242 e. The topological polar surface area (TPSA) is 67.7 Å². The largest absolute Gasteiger partial charge is 0.378 e. The van der Waals surface area contributed by atoms with E-state index < -0.39 is 0 Å². The number of ether oxygens (including phenoxy) is 1. The average molecular weight is 411 g/mol. The molecular formula is C23H30N4O3. The number of fused-ring (bicyclic) bond motifs is 1. The standard InChI is InChI=1S/C23H30N4O3/c28-21-14-17(15-26(21)18-6-2-1-3-7-18)23-24-19-8-4-5-9-20(19)27(23)16-22(29)25-10-12-30-13-11-25/h4-5,8-9,17-18H,1-3,6-7,10-16H2/t17-/m0/s1. The molecule has 0 spiro atoms. The van der Waals surface area contributed by atoms with Gasteiger partial charge >= 0.3 is 0 Å². The molecule has 3 aliphatic rings. The second-order valence-corrected chi connectivity index (χ2v) is 8.78. The van der Waals surface area contributed by atoms with Crippen LogP contribution in [0.1, 0.15) is 50.3 Å². The van der Waals surface area contributed by atoms with Crippen LogP contribution < -0.4 is 0 Å². The van der Waals surface area contributed by atoms with Crippen LogP contribution in [-0.2, 0) is 20.9 Å². The Hall–Kier alpha value is -2.41. The quantitative estimate of drug-likeness (QED) is 0.777. The summed E-state index contributed by atoms with van der Waals surface area (Å²) in [5, 5.41) is 0. The highest BCUT2D eigenvalue weighted by atomic mass is 16.5. The van der Waals surface area contributed by atoms with Gasteiger partial charge in [-0.05, 0) is 25.0 Å². The minimum atomic E-state index is 0.0457. The third kappa shape index (κ3) is 3.71. The predicted molar refractivity (Wildman–Crippen MR) is 113 cm³/mol. The van der Waals surface area contributed by atoms with Crippen LogP contribution >= 0.6 is 0 Å². The number of carbonyl (C=O) groups is 2. The average Bonchev–Trinajstić information content (AvgIpc) is 3.35. The zero-order chi connectivity index (χ0) is 20.5. The third-order valence-electron chi connectivity index (χ3n) is 6.88. The van der Waals surface area contributed by atoms with E-state index in [4.69, 9.17) is 9.72 Å². The van der Waals surface area contributed by atoms with Crippen LogP contribution in [0.2, 0.25) is 0 Å². The number of likely N-dealkylation sites (tertiary alicyclic amines) is 1. The Morgan fingerprint density at radius 2 is 1.87 bits per heavy atom. The van der Waals surface area contributed by atoms with Gasteiger partial charge in [0.1, 0.15) is 12.4 Å². The van der Waals surface area contributed by atoms with Gasteiger partial charge in [0, 0.05) is 38.0 Å². The molecular weight excluding hydrogens is 380 g/mol. The van der Waals surface area contributed by atoms with Crippen LogP contribution in [0, 0.1) is 0 Å². The van der Waals surface area contributed by atoms with Crippen LogP contribution in [-0.4, -0.2) is 70.1 Å². The van der Waals surface area contributed by atoms with Crippen molar-refractivity contribution >= 4 is 22.8 Å². The zero-order valence-corrected chi connectivity index (χ0v) is 17.5. The maximum Gasteiger partial charge on any atom is 0.242 e. The first-order chi connectivity index (χ1) is 14.7. The maximum absolute atomic E-state index is 13.0. The predicted octanol–water partition coefficient (Wildman–Crippen LogP) is 2.54. The van der Waals surface area contributed by atoms with Gasteiger partial charge in [0.25, 0.3) is 0 Å². The van der Waals surface area contributed by atoms with Crippen molar-refractivity contribution in [3.8, 4) is 0 Å². The first kappa shape index (κ1) is 19.5. The van der Waals surface area contributed by atoms with Crippen LogP contribution in [0.3, 0.4) is 0 Å². The monoisotopic (exact) mass is 410 g/mol. The Morgan fingerprint density at radius 3 is 2.67 bits per heavy atom. The fourth-order valence-electron chi connectivity index (χ4n) is 5.27. The van der Waals surface area contributed by atoms with Gasteiger partial charge in [-0.2, -0.15) is 0 Å². The van der Waals surface area contributed by atoms with Gasteiger partial charge < -0.3 is 19.1 Å². The van der Waals surface area contributed by atoms with Crippen molar-refractivity contribution in [2.45, 2.75) is 57.0 Å². The first-order valence-electron chi connectivity index (χ1n) is 11.3. The van der Waals surface area contributed by atoms with E-state index in [-0.39, 0.29) is 24.3 Å². The maximum atomic E-state index is 13.0. The molecule has 0 bridgehead atoms. The summed E-state index contributed by atoms with van der Waals surface area (Å²) in [5.41, 5.74) is 1.86. The molecule has 2 aromatic rings. The molecule has 1 aliphatic carbocycles. The second-order valence-electron chi connectivity index (χ2n) is 8.78. The van der Waals surface area contributed by atoms with Crippen molar-refractivity contribution in [1.82, 2.24) is 19.4 Å². The molecule has 2 aliphatic heterocycles. The lowest BCUT2D eigenvalue weighted by molar-refractivity contribution is -0.135. The third-order valence-corrected chi connectivity index (χ3v) is 6.88. The minimum absolute atomic E-state index is 0.0457. The van der Waals surface area contributed by atoms with Crippen LogP contribution in [0.5, 0.6) is 0 Å². The number of amides is 2. The molecule has 1 saturated carbocycles. The van der Waals surface area contributed by atoms with E-state index in [1.807, 2.05) is 29.2 Å². The van der Waals surface area contributed by atoms with Crippen molar-refractivity contribution in [3.05, 3.63) is 30.1 Å². The van der Waals surface area contributed by atoms with Gasteiger partial charge in [-0.3, -0.25) is 9.59 Å². The van der Waals surface area contributed by atoms with Crippen molar-refractivity contribution in [1.29, 1.82) is 0 Å². The molecule has 7 heteroatoms. The summed E-state index contributed by atoms with van der Waals surface area (Å²) in [6.45, 7) is 3.45. The fourth-order valence-corrected chi connectivity index (χ4v) is 5.27. The summed E-state index contributed by atoms with van der Waals surface area (Å²) in [4.78, 5) is 34.7. The molecule has 0 radical (unpaired) electrons. The molecule has 0 unspecified atom stereocenters. The normalized spacial score (nSPS) is 23.5. The summed E-state index contributed by atoms with van der Waals surface area (Å²) >= 11 is 0. The number of carbonyl (C=O) groups excluding carboxylic acids is 2. The Balaban J connectivity index is 1.42. The second kappa shape index (κ2) is 8.38. The number of hydrogen-bond donors (Lipinski definition) is 0. The highest BCUT2D eigenvalue weighted by Gasteiger charge is 2.38.